The van der Waals surface area contributed by atoms with E-state index in [1.165, 1.54) is 13.2 Å². The number of hydrogen-bond donors (Lipinski definition) is 0. The van der Waals surface area contributed by atoms with Crippen LogP contribution in [0.5, 0.6) is 11.5 Å². The van der Waals surface area contributed by atoms with Gasteiger partial charge in [-0.25, -0.2) is 4.79 Å². The smallest absolute Gasteiger partial charge is 0.347 e. The van der Waals surface area contributed by atoms with Gasteiger partial charge in [0.2, 0.25) is 0 Å². The summed E-state index contributed by atoms with van der Waals surface area (Å²) in [6.07, 6.45) is 0. The van der Waals surface area contributed by atoms with E-state index < -0.39 is 5.97 Å². The van der Waals surface area contributed by atoms with Crippen LogP contribution in [-0.2, 0) is 0 Å². The molecule has 0 fully saturated rings. The number of hydrogen-bond acceptors (Lipinski definition) is 3. The Balaban J connectivity index is 1.91. The molecule has 0 N–H and O–H groups in total. The molecule has 0 atom stereocenters. The number of fused-ring (bicyclic) bond motifs is 1. The highest BCUT2D eigenvalue weighted by Crippen LogP contribution is 2.27. The molecule has 3 nitrogen and oxygen atoms in total. The van der Waals surface area contributed by atoms with E-state index in [0.29, 0.717) is 16.5 Å². The molecule has 0 saturated heterocycles. The van der Waals surface area contributed by atoms with Crippen molar-refractivity contribution in [3.8, 4) is 11.5 Å². The minimum absolute atomic E-state index is 0.288. The van der Waals surface area contributed by atoms with E-state index in [1.54, 1.807) is 18.2 Å². The van der Waals surface area contributed by atoms with Crippen LogP contribution in [0.3, 0.4) is 0 Å². The zero-order chi connectivity index (χ0) is 16.4. The second kappa shape index (κ2) is 6.60. The minimum Gasteiger partial charge on any atom is -0.496 e. The molecule has 0 unspecified atom stereocenters. The van der Waals surface area contributed by atoms with E-state index in [1.807, 2.05) is 30.3 Å². The first-order valence-corrected chi connectivity index (χ1v) is 7.99. The Morgan fingerprint density at radius 3 is 2.52 bits per heavy atom. The predicted octanol–water partition coefficient (Wildman–Crippen LogP) is 5.48. The summed E-state index contributed by atoms with van der Waals surface area (Å²) in [4.78, 5) is 12.4. The van der Waals surface area contributed by atoms with Crippen molar-refractivity contribution in [3.63, 3.8) is 0 Å². The van der Waals surface area contributed by atoms with E-state index in [9.17, 15) is 4.79 Å². The van der Waals surface area contributed by atoms with Gasteiger partial charge in [0.1, 0.15) is 17.1 Å². The summed E-state index contributed by atoms with van der Waals surface area (Å²) in [7, 11) is 1.49. The zero-order valence-electron chi connectivity index (χ0n) is 12.2. The molecule has 116 valence electrons. The molecule has 23 heavy (non-hydrogen) atoms. The highest BCUT2D eigenvalue weighted by Gasteiger charge is 2.15. The standard InChI is InChI=1S/C18H12BrClO3/c1-22-17-7-5-14(20)10-16(17)18(21)23-15-6-3-11-8-13(19)4-2-12(11)9-15/h2-10H,1H3. The number of methoxy groups -OCH3 is 1. The van der Waals surface area contributed by atoms with Crippen LogP contribution in [0, 0.1) is 0 Å². The van der Waals surface area contributed by atoms with Crippen molar-refractivity contribution in [2.75, 3.05) is 7.11 Å². The van der Waals surface area contributed by atoms with Crippen molar-refractivity contribution in [1.29, 1.82) is 0 Å². The van der Waals surface area contributed by atoms with E-state index >= 15 is 0 Å². The van der Waals surface area contributed by atoms with Crippen molar-refractivity contribution in [2.45, 2.75) is 0 Å². The average Bonchev–Trinajstić information content (AvgIpc) is 2.55. The van der Waals surface area contributed by atoms with Gasteiger partial charge in [-0.3, -0.25) is 0 Å². The molecule has 0 aliphatic heterocycles. The van der Waals surface area contributed by atoms with Gasteiger partial charge in [-0.05, 0) is 53.2 Å². The van der Waals surface area contributed by atoms with Gasteiger partial charge in [-0.2, -0.15) is 0 Å². The number of benzene rings is 3. The van der Waals surface area contributed by atoms with Crippen LogP contribution in [0.25, 0.3) is 10.8 Å². The van der Waals surface area contributed by atoms with Crippen molar-refractivity contribution in [1.82, 2.24) is 0 Å². The molecule has 0 radical (unpaired) electrons. The molecule has 0 bridgehead atoms. The maximum Gasteiger partial charge on any atom is 0.347 e. The van der Waals surface area contributed by atoms with E-state index in [4.69, 9.17) is 21.1 Å². The monoisotopic (exact) mass is 390 g/mol. The third kappa shape index (κ3) is 3.49. The topological polar surface area (TPSA) is 35.5 Å². The Hall–Kier alpha value is -2.04. The van der Waals surface area contributed by atoms with Crippen molar-refractivity contribution in [2.24, 2.45) is 0 Å². The fraction of sp³-hybridized carbons (Fsp3) is 0.0556. The second-order valence-electron chi connectivity index (χ2n) is 4.89. The number of carbonyl (C=O) groups excluding carboxylic acids is 1. The van der Waals surface area contributed by atoms with E-state index in [-0.39, 0.29) is 5.56 Å². The van der Waals surface area contributed by atoms with Gasteiger partial charge < -0.3 is 9.47 Å². The zero-order valence-corrected chi connectivity index (χ0v) is 14.5. The van der Waals surface area contributed by atoms with Gasteiger partial charge in [-0.1, -0.05) is 39.7 Å². The van der Waals surface area contributed by atoms with E-state index in [0.717, 1.165) is 15.2 Å². The third-order valence-electron chi connectivity index (χ3n) is 3.37. The molecular weight excluding hydrogens is 380 g/mol. The lowest BCUT2D eigenvalue weighted by molar-refractivity contribution is 0.0731. The van der Waals surface area contributed by atoms with Crippen LogP contribution in [-0.4, -0.2) is 13.1 Å². The largest absolute Gasteiger partial charge is 0.496 e. The molecule has 3 aromatic rings. The molecule has 0 spiro atoms. The van der Waals surface area contributed by atoms with Gasteiger partial charge in [0.15, 0.2) is 0 Å². The first kappa shape index (κ1) is 15.8. The van der Waals surface area contributed by atoms with Gasteiger partial charge in [0, 0.05) is 9.50 Å². The van der Waals surface area contributed by atoms with Crippen LogP contribution in [0.4, 0.5) is 0 Å². The van der Waals surface area contributed by atoms with Crippen LogP contribution >= 0.6 is 27.5 Å². The van der Waals surface area contributed by atoms with Crippen LogP contribution in [0.2, 0.25) is 5.02 Å². The lowest BCUT2D eigenvalue weighted by Gasteiger charge is -2.09. The highest BCUT2D eigenvalue weighted by atomic mass is 79.9. The lowest BCUT2D eigenvalue weighted by atomic mass is 10.1. The summed E-state index contributed by atoms with van der Waals surface area (Å²) >= 11 is 9.38. The summed E-state index contributed by atoms with van der Waals surface area (Å²) in [6.45, 7) is 0. The summed E-state index contributed by atoms with van der Waals surface area (Å²) in [5.41, 5.74) is 0.288. The Labute approximate surface area is 146 Å². The quantitative estimate of drug-likeness (QED) is 0.438. The highest BCUT2D eigenvalue weighted by molar-refractivity contribution is 9.10. The Kier molecular flexibility index (Phi) is 4.55. The molecule has 0 saturated carbocycles. The molecule has 3 aromatic carbocycles. The summed E-state index contributed by atoms with van der Waals surface area (Å²) in [5, 5.41) is 2.48. The van der Waals surface area contributed by atoms with Crippen LogP contribution < -0.4 is 9.47 Å². The summed E-state index contributed by atoms with van der Waals surface area (Å²) in [5.74, 6) is 0.372. The molecule has 0 aromatic heterocycles. The number of halogens is 2. The molecular formula is C18H12BrClO3. The summed E-state index contributed by atoms with van der Waals surface area (Å²) in [6, 6.07) is 16.2. The van der Waals surface area contributed by atoms with Crippen molar-refractivity contribution < 1.29 is 14.3 Å². The third-order valence-corrected chi connectivity index (χ3v) is 4.09. The Morgan fingerprint density at radius 2 is 1.74 bits per heavy atom. The SMILES string of the molecule is COc1ccc(Cl)cc1C(=O)Oc1ccc2cc(Br)ccc2c1. The van der Waals surface area contributed by atoms with Gasteiger partial charge in [-0.15, -0.1) is 0 Å². The van der Waals surface area contributed by atoms with Crippen molar-refractivity contribution in [3.05, 3.63) is 69.7 Å². The van der Waals surface area contributed by atoms with Crippen LogP contribution in [0.15, 0.2) is 59.1 Å². The first-order valence-electron chi connectivity index (χ1n) is 6.82. The molecule has 5 heteroatoms. The van der Waals surface area contributed by atoms with Gasteiger partial charge in [0.05, 0.1) is 7.11 Å². The summed E-state index contributed by atoms with van der Waals surface area (Å²) < 4.78 is 11.6. The predicted molar refractivity (Wildman–Crippen MR) is 94.6 cm³/mol. The Morgan fingerprint density at radius 1 is 1.00 bits per heavy atom. The molecule has 0 heterocycles. The number of carbonyl (C=O) groups is 1. The van der Waals surface area contributed by atoms with Gasteiger partial charge in [0.25, 0.3) is 0 Å². The molecule has 0 aliphatic carbocycles. The normalized spacial score (nSPS) is 10.6. The fourth-order valence-electron chi connectivity index (χ4n) is 2.26. The fourth-order valence-corrected chi connectivity index (χ4v) is 2.81. The molecule has 0 amide bonds. The van der Waals surface area contributed by atoms with Crippen LogP contribution in [0.1, 0.15) is 10.4 Å². The average molecular weight is 392 g/mol. The first-order chi connectivity index (χ1) is 11.1. The maximum absolute atomic E-state index is 12.4. The minimum atomic E-state index is -0.513. The molecule has 3 rings (SSSR count). The number of ether oxygens (including phenoxy) is 2. The van der Waals surface area contributed by atoms with E-state index in [2.05, 4.69) is 15.9 Å². The Bertz CT molecular complexity index is 893. The molecule has 0 aliphatic rings. The number of rotatable bonds is 3. The van der Waals surface area contributed by atoms with Crippen molar-refractivity contribution >= 4 is 44.3 Å². The number of esters is 1. The lowest BCUT2D eigenvalue weighted by Crippen LogP contribution is -2.10. The maximum atomic E-state index is 12.4. The van der Waals surface area contributed by atoms with Gasteiger partial charge >= 0.3 is 5.97 Å². The second-order valence-corrected chi connectivity index (χ2v) is 6.24.